The Morgan fingerprint density at radius 1 is 1.15 bits per heavy atom. The van der Waals surface area contributed by atoms with E-state index in [9.17, 15) is 0 Å². The van der Waals surface area contributed by atoms with Gasteiger partial charge in [0.05, 0.1) is 0 Å². The SMILES string of the molecule is COCOCO[SiH]CO[Si](C)(C)C. The third-order valence-electron chi connectivity index (χ3n) is 1.05. The van der Waals surface area contributed by atoms with Crippen LogP contribution in [-0.4, -0.2) is 45.0 Å². The molecule has 0 rings (SSSR count). The lowest BCUT2D eigenvalue weighted by Crippen LogP contribution is -2.28. The summed E-state index contributed by atoms with van der Waals surface area (Å²) >= 11 is 0. The lowest BCUT2D eigenvalue weighted by atomic mass is 11.3. The van der Waals surface area contributed by atoms with Crippen molar-refractivity contribution in [3.63, 3.8) is 0 Å². The monoisotopic (exact) mass is 223 g/mol. The first-order valence-electron chi connectivity index (χ1n) is 4.20. The Balaban J connectivity index is 3.00. The van der Waals surface area contributed by atoms with E-state index in [-0.39, 0.29) is 16.6 Å². The Hall–Kier alpha value is 0.274. The van der Waals surface area contributed by atoms with Crippen LogP contribution < -0.4 is 0 Å². The maximum absolute atomic E-state index is 5.60. The van der Waals surface area contributed by atoms with E-state index in [2.05, 4.69) is 24.4 Å². The Morgan fingerprint density at radius 2 is 1.85 bits per heavy atom. The Bertz CT molecular complexity index is 116. The molecule has 0 atom stereocenters. The second-order valence-electron chi connectivity index (χ2n) is 3.49. The number of methoxy groups -OCH3 is 1. The van der Waals surface area contributed by atoms with E-state index < -0.39 is 8.32 Å². The first kappa shape index (κ1) is 13.3. The van der Waals surface area contributed by atoms with Crippen molar-refractivity contribution in [2.45, 2.75) is 19.6 Å². The summed E-state index contributed by atoms with van der Waals surface area (Å²) < 4.78 is 20.4. The van der Waals surface area contributed by atoms with E-state index in [1.54, 1.807) is 7.11 Å². The predicted octanol–water partition coefficient (Wildman–Crippen LogP) is 0.741. The van der Waals surface area contributed by atoms with Crippen molar-refractivity contribution >= 4 is 18.1 Å². The van der Waals surface area contributed by atoms with Gasteiger partial charge in [-0.05, 0) is 19.6 Å². The normalized spacial score (nSPS) is 12.0. The van der Waals surface area contributed by atoms with Crippen molar-refractivity contribution in [1.29, 1.82) is 0 Å². The molecule has 0 bridgehead atoms. The van der Waals surface area contributed by atoms with Gasteiger partial charge in [-0.1, -0.05) is 0 Å². The maximum atomic E-state index is 5.60. The molecule has 0 N–H and O–H groups in total. The molecule has 79 valence electrons. The van der Waals surface area contributed by atoms with E-state index in [0.29, 0.717) is 6.79 Å². The van der Waals surface area contributed by atoms with Crippen molar-refractivity contribution in [2.75, 3.05) is 26.9 Å². The summed E-state index contributed by atoms with van der Waals surface area (Å²) in [4.78, 5) is 0. The molecule has 0 saturated heterocycles. The van der Waals surface area contributed by atoms with Crippen molar-refractivity contribution in [3.05, 3.63) is 0 Å². The average Bonchev–Trinajstić information content (AvgIpc) is 2.01. The van der Waals surface area contributed by atoms with E-state index in [4.69, 9.17) is 13.6 Å². The summed E-state index contributed by atoms with van der Waals surface area (Å²) in [5, 5.41) is 0. The molecule has 1 radical (unpaired) electrons. The molecule has 0 aliphatic heterocycles. The van der Waals surface area contributed by atoms with Gasteiger partial charge >= 0.3 is 0 Å². The number of hydrogen-bond donors (Lipinski definition) is 0. The highest BCUT2D eigenvalue weighted by atomic mass is 28.4. The van der Waals surface area contributed by atoms with Crippen LogP contribution >= 0.6 is 0 Å². The molecule has 4 nitrogen and oxygen atoms in total. The van der Waals surface area contributed by atoms with E-state index in [0.717, 1.165) is 6.23 Å². The third-order valence-corrected chi connectivity index (χ3v) is 3.10. The highest BCUT2D eigenvalue weighted by molar-refractivity contribution is 6.70. The molecule has 0 amide bonds. The smallest absolute Gasteiger partial charge is 0.222 e. The third kappa shape index (κ3) is 12.3. The van der Waals surface area contributed by atoms with Gasteiger partial charge in [0.1, 0.15) is 13.6 Å². The molecule has 0 unspecified atom stereocenters. The Morgan fingerprint density at radius 3 is 2.38 bits per heavy atom. The van der Waals surface area contributed by atoms with E-state index >= 15 is 0 Å². The average molecular weight is 223 g/mol. The van der Waals surface area contributed by atoms with Crippen molar-refractivity contribution in [1.82, 2.24) is 0 Å². The fraction of sp³-hybridized carbons (Fsp3) is 1.00. The summed E-state index contributed by atoms with van der Waals surface area (Å²) in [5.74, 6) is 0. The van der Waals surface area contributed by atoms with Gasteiger partial charge in [0.25, 0.3) is 0 Å². The standard InChI is InChI=1S/C7H19O4Si2/c1-8-5-9-6-10-12-7-11-13(2,3)4/h12H,5-7H2,1-4H3. The van der Waals surface area contributed by atoms with Crippen LogP contribution in [-0.2, 0) is 18.3 Å². The molecule has 0 saturated carbocycles. The Kier molecular flexibility index (Phi) is 7.82. The van der Waals surface area contributed by atoms with Gasteiger partial charge < -0.3 is 18.3 Å². The van der Waals surface area contributed by atoms with Crippen LogP contribution in [0, 0.1) is 0 Å². The van der Waals surface area contributed by atoms with E-state index in [1.165, 1.54) is 0 Å². The summed E-state index contributed by atoms with van der Waals surface area (Å²) in [6, 6.07) is 0. The first-order chi connectivity index (χ1) is 6.06. The molecule has 6 heteroatoms. The zero-order chi connectivity index (χ0) is 10.2. The van der Waals surface area contributed by atoms with Gasteiger partial charge in [0.2, 0.25) is 9.76 Å². The number of rotatable bonds is 8. The number of ether oxygens (including phenoxy) is 2. The van der Waals surface area contributed by atoms with Gasteiger partial charge in [-0.15, -0.1) is 0 Å². The highest BCUT2D eigenvalue weighted by Gasteiger charge is 2.13. The second-order valence-corrected chi connectivity index (χ2v) is 9.00. The van der Waals surface area contributed by atoms with Crippen LogP contribution in [0.1, 0.15) is 0 Å². The molecule has 0 aliphatic carbocycles. The van der Waals surface area contributed by atoms with Gasteiger partial charge in [-0.25, -0.2) is 0 Å². The minimum atomic E-state index is -1.36. The zero-order valence-electron chi connectivity index (χ0n) is 8.83. The van der Waals surface area contributed by atoms with Crippen molar-refractivity contribution in [2.24, 2.45) is 0 Å². The quantitative estimate of drug-likeness (QED) is 0.345. The molecule has 0 heterocycles. The lowest BCUT2D eigenvalue weighted by Gasteiger charge is -2.16. The van der Waals surface area contributed by atoms with E-state index in [1.807, 2.05) is 0 Å². The predicted molar refractivity (Wildman–Crippen MR) is 55.4 cm³/mol. The van der Waals surface area contributed by atoms with Gasteiger partial charge in [0.15, 0.2) is 8.32 Å². The highest BCUT2D eigenvalue weighted by Crippen LogP contribution is 2.00. The molecule has 0 aliphatic rings. The first-order valence-corrected chi connectivity index (χ1v) is 8.90. The minimum Gasteiger partial charge on any atom is -0.419 e. The summed E-state index contributed by atoms with van der Waals surface area (Å²) in [6.07, 6.45) is 0.728. The second kappa shape index (κ2) is 7.66. The molecule has 0 aromatic rings. The lowest BCUT2D eigenvalue weighted by molar-refractivity contribution is -0.0838. The molecule has 0 aromatic heterocycles. The number of hydrogen-bond acceptors (Lipinski definition) is 4. The fourth-order valence-electron chi connectivity index (χ4n) is 0.546. The minimum absolute atomic E-state index is 0.108. The fourth-order valence-corrected chi connectivity index (χ4v) is 3.11. The zero-order valence-corrected chi connectivity index (χ0v) is 11.0. The largest absolute Gasteiger partial charge is 0.419 e. The van der Waals surface area contributed by atoms with Gasteiger partial charge in [-0.3, -0.25) is 0 Å². The molecule has 0 spiro atoms. The van der Waals surface area contributed by atoms with Crippen LogP contribution in [0.3, 0.4) is 0 Å². The molecule has 0 fully saturated rings. The molecule has 13 heavy (non-hydrogen) atoms. The van der Waals surface area contributed by atoms with Gasteiger partial charge in [-0.2, -0.15) is 0 Å². The van der Waals surface area contributed by atoms with Crippen LogP contribution in [0.15, 0.2) is 0 Å². The van der Waals surface area contributed by atoms with Crippen LogP contribution in [0.5, 0.6) is 0 Å². The summed E-state index contributed by atoms with van der Waals surface area (Å²) in [6.45, 7) is 7.07. The molecular formula is C7H19O4Si2. The summed E-state index contributed by atoms with van der Waals surface area (Å²) in [5.41, 5.74) is 0. The topological polar surface area (TPSA) is 36.9 Å². The molecular weight excluding hydrogens is 204 g/mol. The van der Waals surface area contributed by atoms with Crippen LogP contribution in [0.4, 0.5) is 0 Å². The summed E-state index contributed by atoms with van der Waals surface area (Å²) in [7, 11) is 0.119. The molecule has 0 aromatic carbocycles. The maximum Gasteiger partial charge on any atom is 0.222 e. The van der Waals surface area contributed by atoms with Crippen molar-refractivity contribution < 1.29 is 18.3 Å². The van der Waals surface area contributed by atoms with Crippen molar-refractivity contribution in [3.8, 4) is 0 Å². The van der Waals surface area contributed by atoms with Crippen LogP contribution in [0.2, 0.25) is 19.6 Å². The van der Waals surface area contributed by atoms with Crippen LogP contribution in [0.25, 0.3) is 0 Å². The van der Waals surface area contributed by atoms with Gasteiger partial charge in [0, 0.05) is 13.3 Å². The Labute approximate surface area is 83.6 Å².